The minimum absolute atomic E-state index is 0.0278. The van der Waals surface area contributed by atoms with Crippen LogP contribution in [0.15, 0.2) is 23.6 Å². The van der Waals surface area contributed by atoms with Gasteiger partial charge < -0.3 is 10.2 Å². The van der Waals surface area contributed by atoms with Gasteiger partial charge in [-0.2, -0.15) is 0 Å². The first-order chi connectivity index (χ1) is 11.4. The lowest BCUT2D eigenvalue weighted by atomic mass is 10.2. The summed E-state index contributed by atoms with van der Waals surface area (Å²) >= 11 is 1.21. The van der Waals surface area contributed by atoms with E-state index in [1.54, 1.807) is 25.4 Å². The maximum atomic E-state index is 12.2. The third kappa shape index (κ3) is 5.75. The number of hydrogen-bond donors (Lipinski definition) is 1. The van der Waals surface area contributed by atoms with Crippen molar-refractivity contribution in [1.29, 1.82) is 0 Å². The summed E-state index contributed by atoms with van der Waals surface area (Å²) in [4.78, 5) is 33.7. The Hall–Kier alpha value is -1.68. The number of carbonyl (C=O) groups is 2. The predicted octanol–water partition coefficient (Wildman–Crippen LogP) is -0.279. The summed E-state index contributed by atoms with van der Waals surface area (Å²) in [5.41, 5.74) is 0. The molecular weight excluding hydrogens is 352 g/mol. The van der Waals surface area contributed by atoms with E-state index in [1.807, 2.05) is 0 Å². The fraction of sp³-hybridized carbons (Fsp3) is 0.571. The quantitative estimate of drug-likeness (QED) is 0.518. The highest BCUT2D eigenvalue weighted by molar-refractivity contribution is 7.99. The lowest BCUT2D eigenvalue weighted by Crippen LogP contribution is -2.45. The average molecular weight is 372 g/mol. The lowest BCUT2D eigenvalue weighted by molar-refractivity contribution is -0.134. The van der Waals surface area contributed by atoms with E-state index in [1.165, 1.54) is 16.7 Å². The zero-order chi connectivity index (χ0) is 17.6. The molecule has 1 aliphatic heterocycles. The van der Waals surface area contributed by atoms with Gasteiger partial charge >= 0.3 is 0 Å². The van der Waals surface area contributed by atoms with Crippen molar-refractivity contribution in [2.24, 2.45) is 0 Å². The molecule has 0 aliphatic carbocycles. The van der Waals surface area contributed by atoms with Gasteiger partial charge in [0, 0.05) is 25.0 Å². The number of nitrogens with one attached hydrogen (secondary N) is 1. The van der Waals surface area contributed by atoms with Crippen LogP contribution < -0.4 is 5.32 Å². The summed E-state index contributed by atoms with van der Waals surface area (Å²) in [6.07, 6.45) is 3.62. The average Bonchev–Trinajstić information content (AvgIpc) is 2.89. The number of nitrogens with zero attached hydrogens (tertiary/aromatic N) is 3. The smallest absolute Gasteiger partial charge is 0.239 e. The first kappa shape index (κ1) is 18.7. The zero-order valence-corrected chi connectivity index (χ0v) is 15.0. The van der Waals surface area contributed by atoms with E-state index in [9.17, 15) is 18.0 Å². The molecular formula is C14H20N4O4S2. The van der Waals surface area contributed by atoms with Crippen LogP contribution in [0.3, 0.4) is 0 Å². The van der Waals surface area contributed by atoms with Gasteiger partial charge in [-0.15, -0.1) is 0 Å². The van der Waals surface area contributed by atoms with Crippen molar-refractivity contribution >= 4 is 33.4 Å². The largest absolute Gasteiger partial charge is 0.351 e. The van der Waals surface area contributed by atoms with Crippen molar-refractivity contribution < 1.29 is 18.0 Å². The predicted molar refractivity (Wildman–Crippen MR) is 90.2 cm³/mol. The molecule has 0 spiro atoms. The molecule has 1 saturated heterocycles. The molecule has 1 fully saturated rings. The number of rotatable bonds is 7. The molecule has 0 bridgehead atoms. The number of hydrogen-bond acceptors (Lipinski definition) is 7. The topological polar surface area (TPSA) is 109 Å². The van der Waals surface area contributed by atoms with E-state index in [0.717, 1.165) is 0 Å². The lowest BCUT2D eigenvalue weighted by Gasteiger charge is -2.21. The van der Waals surface area contributed by atoms with Crippen LogP contribution in [-0.4, -0.2) is 71.5 Å². The molecule has 24 heavy (non-hydrogen) atoms. The number of amides is 2. The summed E-state index contributed by atoms with van der Waals surface area (Å²) in [6.45, 7) is 2.10. The van der Waals surface area contributed by atoms with Gasteiger partial charge in [0.25, 0.3) is 0 Å². The monoisotopic (exact) mass is 372 g/mol. The standard InChI is InChI=1S/C14H20N4O4S2/c1-2-18(13(20)9-23-14-15-5-3-6-16-14)8-12(19)17-11-4-7-24(21,22)10-11/h3,5-6,11H,2,4,7-10H2,1H3,(H,17,19)/t11-/m0/s1. The molecule has 1 N–H and O–H groups in total. The molecule has 10 heteroatoms. The van der Waals surface area contributed by atoms with Gasteiger partial charge in [-0.05, 0) is 19.4 Å². The third-order valence-electron chi connectivity index (χ3n) is 3.53. The van der Waals surface area contributed by atoms with Gasteiger partial charge in [-0.3, -0.25) is 9.59 Å². The van der Waals surface area contributed by atoms with E-state index >= 15 is 0 Å². The molecule has 2 heterocycles. The molecule has 1 aromatic rings. The highest BCUT2D eigenvalue weighted by Crippen LogP contribution is 2.13. The maximum Gasteiger partial charge on any atom is 0.239 e. The Labute approximate surface area is 145 Å². The Morgan fingerprint density at radius 3 is 2.67 bits per heavy atom. The van der Waals surface area contributed by atoms with Crippen LogP contribution >= 0.6 is 11.8 Å². The Kier molecular flexibility index (Phi) is 6.55. The molecule has 1 aliphatic rings. The van der Waals surface area contributed by atoms with Crippen LogP contribution in [0.5, 0.6) is 0 Å². The maximum absolute atomic E-state index is 12.2. The van der Waals surface area contributed by atoms with E-state index in [4.69, 9.17) is 0 Å². The number of sulfone groups is 1. The minimum Gasteiger partial charge on any atom is -0.351 e. The Balaban J connectivity index is 1.80. The van der Waals surface area contributed by atoms with Gasteiger partial charge in [0.15, 0.2) is 15.0 Å². The first-order valence-electron chi connectivity index (χ1n) is 7.57. The summed E-state index contributed by atoms with van der Waals surface area (Å²) in [5.74, 6) is -0.317. The highest BCUT2D eigenvalue weighted by atomic mass is 32.2. The van der Waals surface area contributed by atoms with Crippen molar-refractivity contribution in [2.75, 3.05) is 30.3 Å². The molecule has 2 amide bonds. The van der Waals surface area contributed by atoms with E-state index in [2.05, 4.69) is 15.3 Å². The van der Waals surface area contributed by atoms with Crippen LogP contribution in [0.4, 0.5) is 0 Å². The first-order valence-corrected chi connectivity index (χ1v) is 10.4. The van der Waals surface area contributed by atoms with Crippen molar-refractivity contribution in [3.05, 3.63) is 18.5 Å². The van der Waals surface area contributed by atoms with Crippen LogP contribution in [0.1, 0.15) is 13.3 Å². The summed E-state index contributed by atoms with van der Waals surface area (Å²) in [5, 5.41) is 3.19. The molecule has 0 saturated carbocycles. The number of aromatic nitrogens is 2. The molecule has 1 aromatic heterocycles. The van der Waals surface area contributed by atoms with Crippen molar-refractivity contribution in [3.8, 4) is 0 Å². The molecule has 132 valence electrons. The second-order valence-corrected chi connectivity index (χ2v) is 8.57. The Morgan fingerprint density at radius 2 is 2.08 bits per heavy atom. The fourth-order valence-electron chi connectivity index (χ4n) is 2.31. The van der Waals surface area contributed by atoms with Gasteiger partial charge in [-0.1, -0.05) is 11.8 Å². The van der Waals surface area contributed by atoms with Crippen molar-refractivity contribution in [2.45, 2.75) is 24.5 Å². The Morgan fingerprint density at radius 1 is 1.38 bits per heavy atom. The van der Waals surface area contributed by atoms with Gasteiger partial charge in [0.05, 0.1) is 23.8 Å². The molecule has 2 rings (SSSR count). The SMILES string of the molecule is CCN(CC(=O)N[C@H]1CCS(=O)(=O)C1)C(=O)CSc1ncccn1. The number of thioether (sulfide) groups is 1. The molecule has 8 nitrogen and oxygen atoms in total. The molecule has 0 unspecified atom stereocenters. The molecule has 1 atom stereocenters. The normalized spacial score (nSPS) is 19.0. The summed E-state index contributed by atoms with van der Waals surface area (Å²) < 4.78 is 22.8. The van der Waals surface area contributed by atoms with Gasteiger partial charge in [0.2, 0.25) is 11.8 Å². The van der Waals surface area contributed by atoms with Crippen LogP contribution in [0.25, 0.3) is 0 Å². The van der Waals surface area contributed by atoms with Gasteiger partial charge in [-0.25, -0.2) is 18.4 Å². The third-order valence-corrected chi connectivity index (χ3v) is 6.16. The van der Waals surface area contributed by atoms with Crippen LogP contribution in [0, 0.1) is 0 Å². The van der Waals surface area contributed by atoms with Crippen LogP contribution in [0.2, 0.25) is 0 Å². The van der Waals surface area contributed by atoms with Crippen molar-refractivity contribution in [3.63, 3.8) is 0 Å². The van der Waals surface area contributed by atoms with E-state index in [0.29, 0.717) is 18.1 Å². The molecule has 0 radical (unpaired) electrons. The second kappa shape index (κ2) is 8.43. The molecule has 0 aromatic carbocycles. The summed E-state index contributed by atoms with van der Waals surface area (Å²) in [6, 6.07) is 1.33. The number of likely N-dealkylation sites (N-methyl/N-ethyl adjacent to an activating group) is 1. The zero-order valence-electron chi connectivity index (χ0n) is 13.3. The van der Waals surface area contributed by atoms with Crippen molar-refractivity contribution in [1.82, 2.24) is 20.2 Å². The second-order valence-electron chi connectivity index (χ2n) is 5.40. The highest BCUT2D eigenvalue weighted by Gasteiger charge is 2.29. The Bertz CT molecular complexity index is 681. The van der Waals surface area contributed by atoms with Crippen LogP contribution in [-0.2, 0) is 19.4 Å². The summed E-state index contributed by atoms with van der Waals surface area (Å²) in [7, 11) is -3.04. The minimum atomic E-state index is -3.04. The van der Waals surface area contributed by atoms with Gasteiger partial charge in [0.1, 0.15) is 0 Å². The van der Waals surface area contributed by atoms with E-state index < -0.39 is 9.84 Å². The van der Waals surface area contributed by atoms with E-state index in [-0.39, 0.29) is 41.7 Å². The fourth-order valence-corrected chi connectivity index (χ4v) is 4.69. The number of carbonyl (C=O) groups excluding carboxylic acids is 2.